The molecule has 0 amide bonds. The first-order valence-electron chi connectivity index (χ1n) is 4.59. The summed E-state index contributed by atoms with van der Waals surface area (Å²) in [6.45, 7) is 2.18. The third-order valence-electron chi connectivity index (χ3n) is 2.60. The van der Waals surface area contributed by atoms with Crippen molar-refractivity contribution in [2.45, 2.75) is 51.2 Å². The van der Waals surface area contributed by atoms with E-state index >= 15 is 0 Å². The predicted octanol–water partition coefficient (Wildman–Crippen LogP) is 1.66. The summed E-state index contributed by atoms with van der Waals surface area (Å²) in [5.74, 6) is -0.600. The van der Waals surface area contributed by atoms with E-state index in [1.165, 1.54) is 12.8 Å². The number of rotatable bonds is 2. The molecule has 0 bridgehead atoms. The van der Waals surface area contributed by atoms with Gasteiger partial charge in [0.1, 0.15) is 0 Å². The Morgan fingerprint density at radius 1 is 1.27 bits per heavy atom. The van der Waals surface area contributed by atoms with Crippen LogP contribution in [0.1, 0.15) is 45.4 Å². The average Bonchev–Trinajstić information content (AvgIpc) is 1.94. The van der Waals surface area contributed by atoms with Crippen LogP contribution in [-0.2, 0) is 0 Å². The Balaban J connectivity index is 2.25. The fraction of sp³-hybridized carbons (Fsp3) is 1.00. The van der Waals surface area contributed by atoms with Crippen LogP contribution in [0, 0.1) is 5.92 Å². The van der Waals surface area contributed by atoms with Gasteiger partial charge in [-0.05, 0) is 18.8 Å². The van der Waals surface area contributed by atoms with Gasteiger partial charge in [0.05, 0.1) is 0 Å². The van der Waals surface area contributed by atoms with E-state index in [0.717, 1.165) is 18.8 Å². The van der Waals surface area contributed by atoms with Gasteiger partial charge >= 0.3 is 0 Å². The summed E-state index contributed by atoms with van der Waals surface area (Å²) in [6, 6.07) is 0. The fourth-order valence-electron chi connectivity index (χ4n) is 1.84. The zero-order valence-electron chi connectivity index (χ0n) is 7.21. The summed E-state index contributed by atoms with van der Waals surface area (Å²) in [7, 11) is 0. The normalized spacial score (nSPS) is 25.4. The molecular weight excluding hydrogens is 140 g/mol. The van der Waals surface area contributed by atoms with Crippen LogP contribution >= 0.6 is 0 Å². The van der Waals surface area contributed by atoms with Crippen molar-refractivity contribution in [3.63, 3.8) is 0 Å². The van der Waals surface area contributed by atoms with E-state index in [9.17, 15) is 10.2 Å². The first-order valence-corrected chi connectivity index (χ1v) is 4.59. The quantitative estimate of drug-likeness (QED) is 0.600. The highest BCUT2D eigenvalue weighted by molar-refractivity contribution is 4.75. The Morgan fingerprint density at radius 2 is 1.82 bits per heavy atom. The number of hydrogen-bond donors (Lipinski definition) is 2. The van der Waals surface area contributed by atoms with Crippen LogP contribution in [0.2, 0.25) is 0 Å². The Labute approximate surface area is 68.2 Å². The van der Waals surface area contributed by atoms with Crippen molar-refractivity contribution in [2.75, 3.05) is 0 Å². The maximum absolute atomic E-state index is 9.22. The minimum Gasteiger partial charge on any atom is -0.366 e. The molecule has 0 radical (unpaired) electrons. The second-order valence-corrected chi connectivity index (χ2v) is 3.71. The van der Waals surface area contributed by atoms with Gasteiger partial charge in [0.15, 0.2) is 5.79 Å². The third-order valence-corrected chi connectivity index (χ3v) is 2.60. The second kappa shape index (κ2) is 3.55. The van der Waals surface area contributed by atoms with Crippen LogP contribution in [0.15, 0.2) is 0 Å². The van der Waals surface area contributed by atoms with E-state index in [4.69, 9.17) is 0 Å². The van der Waals surface area contributed by atoms with Gasteiger partial charge in [-0.25, -0.2) is 0 Å². The molecule has 0 aromatic rings. The molecule has 2 heteroatoms. The summed E-state index contributed by atoms with van der Waals surface area (Å²) >= 11 is 0. The summed E-state index contributed by atoms with van der Waals surface area (Å²) in [5.41, 5.74) is 0. The van der Waals surface area contributed by atoms with Crippen LogP contribution in [0.25, 0.3) is 0 Å². The molecule has 2 nitrogen and oxygen atoms in total. The molecule has 0 saturated heterocycles. The summed E-state index contributed by atoms with van der Waals surface area (Å²) in [6.07, 6.45) is 5.57. The summed E-state index contributed by atoms with van der Waals surface area (Å²) in [5, 5.41) is 18.4. The van der Waals surface area contributed by atoms with Crippen molar-refractivity contribution < 1.29 is 10.2 Å². The van der Waals surface area contributed by atoms with Gasteiger partial charge in [-0.15, -0.1) is 0 Å². The van der Waals surface area contributed by atoms with Crippen molar-refractivity contribution in [1.82, 2.24) is 0 Å². The lowest BCUT2D eigenvalue weighted by molar-refractivity contribution is -0.186. The van der Waals surface area contributed by atoms with E-state index in [1.807, 2.05) is 0 Å². The van der Waals surface area contributed by atoms with Crippen LogP contribution in [0.4, 0.5) is 0 Å². The van der Waals surface area contributed by atoms with Crippen molar-refractivity contribution in [1.29, 1.82) is 0 Å². The molecule has 1 saturated carbocycles. The maximum Gasteiger partial charge on any atom is 0.162 e. The molecule has 0 aromatic heterocycles. The predicted molar refractivity (Wildman–Crippen MR) is 44.0 cm³/mol. The molecule has 66 valence electrons. The summed E-state index contributed by atoms with van der Waals surface area (Å²) in [4.78, 5) is 0. The van der Waals surface area contributed by atoms with Gasteiger partial charge in [0, 0.05) is 12.8 Å². The van der Waals surface area contributed by atoms with Crippen LogP contribution in [0.5, 0.6) is 0 Å². The molecule has 1 aliphatic rings. The van der Waals surface area contributed by atoms with Gasteiger partial charge in [0.2, 0.25) is 0 Å². The molecule has 0 unspecified atom stereocenters. The molecule has 0 atom stereocenters. The molecule has 1 rings (SSSR count). The molecular formula is C9H18O2. The highest BCUT2D eigenvalue weighted by atomic mass is 16.5. The van der Waals surface area contributed by atoms with Gasteiger partial charge in [-0.2, -0.15) is 0 Å². The smallest absolute Gasteiger partial charge is 0.162 e. The standard InChI is InChI=1S/C9H18O2/c1-2-3-8-4-6-9(10,11)7-5-8/h8,10-11H,2-7H2,1H3. The molecule has 2 N–H and O–H groups in total. The molecule has 0 aliphatic heterocycles. The SMILES string of the molecule is CCCC1CCC(O)(O)CC1. The monoisotopic (exact) mass is 158 g/mol. The Bertz CT molecular complexity index is 111. The lowest BCUT2D eigenvalue weighted by Gasteiger charge is -2.31. The minimum atomic E-state index is -1.34. The van der Waals surface area contributed by atoms with Crippen molar-refractivity contribution in [3.05, 3.63) is 0 Å². The molecule has 1 fully saturated rings. The van der Waals surface area contributed by atoms with E-state index in [-0.39, 0.29) is 0 Å². The number of aliphatic hydroxyl groups is 2. The second-order valence-electron chi connectivity index (χ2n) is 3.71. The lowest BCUT2D eigenvalue weighted by atomic mass is 9.83. The average molecular weight is 158 g/mol. The van der Waals surface area contributed by atoms with E-state index in [1.54, 1.807) is 0 Å². The topological polar surface area (TPSA) is 40.5 Å². The van der Waals surface area contributed by atoms with Gasteiger partial charge < -0.3 is 10.2 Å². The molecule has 0 heterocycles. The molecule has 11 heavy (non-hydrogen) atoms. The van der Waals surface area contributed by atoms with Crippen molar-refractivity contribution in [2.24, 2.45) is 5.92 Å². The van der Waals surface area contributed by atoms with Gasteiger partial charge in [-0.3, -0.25) is 0 Å². The first-order chi connectivity index (χ1) is 5.14. The highest BCUT2D eigenvalue weighted by Gasteiger charge is 2.29. The number of hydrogen-bond acceptors (Lipinski definition) is 2. The van der Waals surface area contributed by atoms with Crippen LogP contribution in [0.3, 0.4) is 0 Å². The van der Waals surface area contributed by atoms with Crippen LogP contribution in [-0.4, -0.2) is 16.0 Å². The van der Waals surface area contributed by atoms with Crippen molar-refractivity contribution in [3.8, 4) is 0 Å². The zero-order valence-corrected chi connectivity index (χ0v) is 7.21. The summed E-state index contributed by atoms with van der Waals surface area (Å²) < 4.78 is 0. The Morgan fingerprint density at radius 3 is 2.27 bits per heavy atom. The zero-order chi connectivity index (χ0) is 8.32. The molecule has 0 spiro atoms. The Kier molecular flexibility index (Phi) is 2.90. The van der Waals surface area contributed by atoms with Gasteiger partial charge in [-0.1, -0.05) is 19.8 Å². The van der Waals surface area contributed by atoms with E-state index < -0.39 is 5.79 Å². The van der Waals surface area contributed by atoms with E-state index in [2.05, 4.69) is 6.92 Å². The fourth-order valence-corrected chi connectivity index (χ4v) is 1.84. The largest absolute Gasteiger partial charge is 0.366 e. The maximum atomic E-state index is 9.22. The third kappa shape index (κ3) is 2.80. The first kappa shape index (κ1) is 9.01. The van der Waals surface area contributed by atoms with Crippen LogP contribution < -0.4 is 0 Å². The van der Waals surface area contributed by atoms with Crippen molar-refractivity contribution >= 4 is 0 Å². The Hall–Kier alpha value is -0.0800. The minimum absolute atomic E-state index is 0.567. The highest BCUT2D eigenvalue weighted by Crippen LogP contribution is 2.32. The lowest BCUT2D eigenvalue weighted by Crippen LogP contribution is -2.33. The van der Waals surface area contributed by atoms with E-state index in [0.29, 0.717) is 12.8 Å². The van der Waals surface area contributed by atoms with Gasteiger partial charge in [0.25, 0.3) is 0 Å². The molecule has 1 aliphatic carbocycles. The molecule has 0 aromatic carbocycles.